The number of carbonyl (C=O) groups is 1. The predicted molar refractivity (Wildman–Crippen MR) is 49.9 cm³/mol. The topological polar surface area (TPSA) is 40.1 Å². The van der Waals surface area contributed by atoms with Crippen LogP contribution in [0, 0.1) is 0 Å². The molecule has 21 heavy (non-hydrogen) atoms. The number of carbonyl (C=O) groups excluding carboxylic acids is 1. The minimum atomic E-state index is -7.20. The van der Waals surface area contributed by atoms with Gasteiger partial charge in [-0.05, 0) is 0 Å². The van der Waals surface area contributed by atoms with Crippen molar-refractivity contribution >= 4 is 5.97 Å². The van der Waals surface area contributed by atoms with Gasteiger partial charge in [0.25, 0.3) is 0 Å². The number of nitrogens with zero attached hydrogens (tertiary/aromatic N) is 1. The highest BCUT2D eigenvalue weighted by Crippen LogP contribution is 2.52. The number of carboxylic acids is 1. The second kappa shape index (κ2) is 5.89. The molecule has 0 saturated carbocycles. The molecule has 0 atom stereocenters. The normalized spacial score (nSPS) is 14.3. The zero-order valence-corrected chi connectivity index (χ0v) is 11.2. The fourth-order valence-electron chi connectivity index (χ4n) is 0.503. The Bertz CT molecular complexity index is 364. The Labute approximate surface area is 113 Å². The lowest BCUT2D eigenvalue weighted by Crippen LogP contribution is -2.65. The number of aliphatic carboxylic acids is 1. The third-order valence-corrected chi connectivity index (χ3v) is 1.40. The number of rotatable bonds is 3. The molecule has 3 nitrogen and oxygen atoms in total. The lowest BCUT2D eigenvalue weighted by atomic mass is 10.0. The van der Waals surface area contributed by atoms with Crippen LogP contribution in [-0.4, -0.2) is 62.6 Å². The highest BCUT2D eigenvalue weighted by Gasteiger charge is 2.82. The molecule has 0 aromatic rings. The monoisotopic (exact) mass is 337 g/mol. The first-order valence-electron chi connectivity index (χ1n) is 4.90. The summed E-state index contributed by atoms with van der Waals surface area (Å²) in [6.45, 7) is 0. The van der Waals surface area contributed by atoms with Crippen molar-refractivity contribution in [2.45, 2.75) is 23.9 Å². The number of hydrogen-bond donors (Lipinski definition) is 0. The van der Waals surface area contributed by atoms with Gasteiger partial charge in [0.2, 0.25) is 0 Å². The van der Waals surface area contributed by atoms with E-state index < -0.39 is 29.9 Å². The number of alkyl halides is 9. The number of quaternary nitrogens is 1. The van der Waals surface area contributed by atoms with E-state index in [0.29, 0.717) is 0 Å². The maximum Gasteiger partial charge on any atom is 0.460 e. The van der Waals surface area contributed by atoms with Crippen LogP contribution in [0.2, 0.25) is 0 Å². The maximum absolute atomic E-state index is 12.1. The minimum absolute atomic E-state index is 1.00. The van der Waals surface area contributed by atoms with E-state index in [1.165, 1.54) is 0 Å². The smallest absolute Gasteiger partial charge is 0.460 e. The Balaban J connectivity index is 0. The SMILES string of the molecule is C[N+](C)(C)C.O=C([O-])C(F)(F)C(F)(F)C(F)(F)C(F)(F)F. The van der Waals surface area contributed by atoms with Crippen LogP contribution < -0.4 is 5.11 Å². The van der Waals surface area contributed by atoms with Crippen molar-refractivity contribution < 1.29 is 53.9 Å². The quantitative estimate of drug-likeness (QED) is 0.579. The highest BCUT2D eigenvalue weighted by molar-refractivity contribution is 5.74. The summed E-state index contributed by atoms with van der Waals surface area (Å²) in [6.07, 6.45) is -7.03. The Hall–Kier alpha value is -1.20. The van der Waals surface area contributed by atoms with Crippen LogP contribution in [0.1, 0.15) is 0 Å². The third-order valence-electron chi connectivity index (χ3n) is 1.40. The van der Waals surface area contributed by atoms with Gasteiger partial charge in [-0.25, -0.2) is 0 Å². The van der Waals surface area contributed by atoms with E-state index in [-0.39, 0.29) is 0 Å². The summed E-state index contributed by atoms with van der Waals surface area (Å²) in [7, 11) is 8.50. The first-order valence-corrected chi connectivity index (χ1v) is 4.90. The molecule has 128 valence electrons. The van der Waals surface area contributed by atoms with Crippen molar-refractivity contribution in [2.24, 2.45) is 0 Å². The Morgan fingerprint density at radius 1 is 0.762 bits per heavy atom. The standard InChI is InChI=1S/C5HF9O2.C4H12N/c6-2(7,1(15)16)3(8,9)4(10,11)5(12,13)14;1-5(2,3)4/h(H,15,16);1-4H3/q;+1/p-1. The van der Waals surface area contributed by atoms with E-state index >= 15 is 0 Å². The summed E-state index contributed by atoms with van der Waals surface area (Å²) in [4.78, 5) is 9.40. The molecule has 0 unspecified atom stereocenters. The van der Waals surface area contributed by atoms with Gasteiger partial charge in [-0.1, -0.05) is 0 Å². The molecule has 0 saturated heterocycles. The van der Waals surface area contributed by atoms with Gasteiger partial charge in [0.15, 0.2) is 0 Å². The fraction of sp³-hybridized carbons (Fsp3) is 0.889. The molecule has 0 aliphatic rings. The number of halogens is 9. The van der Waals surface area contributed by atoms with E-state index in [4.69, 9.17) is 0 Å². The van der Waals surface area contributed by atoms with Gasteiger partial charge >= 0.3 is 23.9 Å². The third kappa shape index (κ3) is 5.25. The summed E-state index contributed by atoms with van der Waals surface area (Å²) in [5, 5.41) is 9.40. The number of hydrogen-bond acceptors (Lipinski definition) is 2. The zero-order chi connectivity index (χ0) is 18.1. The minimum Gasteiger partial charge on any atom is -0.544 e. The van der Waals surface area contributed by atoms with Crippen molar-refractivity contribution in [1.82, 2.24) is 0 Å². The van der Waals surface area contributed by atoms with Crippen LogP contribution in [0.3, 0.4) is 0 Å². The average molecular weight is 337 g/mol. The van der Waals surface area contributed by atoms with Gasteiger partial charge in [0, 0.05) is 0 Å². The summed E-state index contributed by atoms with van der Waals surface area (Å²) in [5.74, 6) is -25.1. The van der Waals surface area contributed by atoms with Crippen molar-refractivity contribution in [3.8, 4) is 0 Å². The van der Waals surface area contributed by atoms with Crippen molar-refractivity contribution in [3.63, 3.8) is 0 Å². The molecule has 0 aliphatic heterocycles. The van der Waals surface area contributed by atoms with E-state index in [2.05, 4.69) is 28.2 Å². The summed E-state index contributed by atoms with van der Waals surface area (Å²) in [6, 6.07) is 0. The molecule has 0 radical (unpaired) electrons. The molecule has 0 bridgehead atoms. The van der Waals surface area contributed by atoms with Gasteiger partial charge in [-0.3, -0.25) is 0 Å². The van der Waals surface area contributed by atoms with E-state index in [0.717, 1.165) is 4.48 Å². The van der Waals surface area contributed by atoms with Crippen LogP contribution in [-0.2, 0) is 4.79 Å². The molecule has 0 aromatic heterocycles. The first-order chi connectivity index (χ1) is 8.69. The van der Waals surface area contributed by atoms with Gasteiger partial charge in [0.1, 0.15) is 5.97 Å². The highest BCUT2D eigenvalue weighted by atomic mass is 19.4. The Morgan fingerprint density at radius 2 is 1.00 bits per heavy atom. The fourth-order valence-corrected chi connectivity index (χ4v) is 0.503. The lowest BCUT2D eigenvalue weighted by molar-refractivity contribution is -0.849. The van der Waals surface area contributed by atoms with E-state index in [9.17, 15) is 49.4 Å². The van der Waals surface area contributed by atoms with Crippen molar-refractivity contribution in [2.75, 3.05) is 28.2 Å². The van der Waals surface area contributed by atoms with Crippen LogP contribution in [0.4, 0.5) is 39.5 Å². The van der Waals surface area contributed by atoms with Crippen LogP contribution in [0.5, 0.6) is 0 Å². The second-order valence-corrected chi connectivity index (χ2v) is 5.19. The van der Waals surface area contributed by atoms with Crippen molar-refractivity contribution in [1.29, 1.82) is 0 Å². The van der Waals surface area contributed by atoms with Crippen molar-refractivity contribution in [3.05, 3.63) is 0 Å². The first kappa shape index (κ1) is 22.1. The molecule has 0 aliphatic carbocycles. The van der Waals surface area contributed by atoms with Gasteiger partial charge in [-0.2, -0.15) is 39.5 Å². The summed E-state index contributed by atoms with van der Waals surface area (Å²) in [5.41, 5.74) is 0. The molecule has 12 heteroatoms. The number of carboxylic acid groups (broad SMARTS) is 1. The summed E-state index contributed by atoms with van der Waals surface area (Å²) < 4.78 is 107. The molecular weight excluding hydrogens is 325 g/mol. The van der Waals surface area contributed by atoms with Crippen LogP contribution in [0.15, 0.2) is 0 Å². The second-order valence-electron chi connectivity index (χ2n) is 5.19. The van der Waals surface area contributed by atoms with Crippen LogP contribution >= 0.6 is 0 Å². The molecule has 0 heterocycles. The largest absolute Gasteiger partial charge is 0.544 e. The Morgan fingerprint density at radius 3 is 1.14 bits per heavy atom. The molecule has 0 spiro atoms. The zero-order valence-electron chi connectivity index (χ0n) is 11.2. The average Bonchev–Trinajstić information content (AvgIpc) is 2.11. The molecule has 0 aromatic carbocycles. The van der Waals surface area contributed by atoms with E-state index in [1.807, 2.05) is 0 Å². The molecule has 0 amide bonds. The van der Waals surface area contributed by atoms with Gasteiger partial charge in [-0.15, -0.1) is 0 Å². The Kier molecular flexibility index (Phi) is 6.20. The maximum atomic E-state index is 12.1. The molecule has 0 rings (SSSR count). The van der Waals surface area contributed by atoms with E-state index in [1.54, 1.807) is 0 Å². The van der Waals surface area contributed by atoms with Gasteiger partial charge < -0.3 is 14.4 Å². The predicted octanol–water partition coefficient (Wildman–Crippen LogP) is 1.53. The lowest BCUT2D eigenvalue weighted by Gasteiger charge is -2.33. The van der Waals surface area contributed by atoms with Crippen LogP contribution in [0.25, 0.3) is 0 Å². The molecule has 0 fully saturated rings. The molecular formula is C9H12F9NO2. The van der Waals surface area contributed by atoms with Gasteiger partial charge in [0.05, 0.1) is 28.2 Å². The summed E-state index contributed by atoms with van der Waals surface area (Å²) >= 11 is 0. The molecule has 0 N–H and O–H groups in total.